The fraction of sp³-hybridized carbons (Fsp3) is 0.250. The molecule has 1 atom stereocenters. The van der Waals surface area contributed by atoms with Gasteiger partial charge in [-0.05, 0) is 42.8 Å². The minimum absolute atomic E-state index is 0.670. The molecule has 0 amide bonds. The molecule has 0 bridgehead atoms. The largest absolute Gasteiger partial charge is 0.381 e. The summed E-state index contributed by atoms with van der Waals surface area (Å²) < 4.78 is 0. The van der Waals surface area contributed by atoms with Crippen LogP contribution >= 0.6 is 11.6 Å². The summed E-state index contributed by atoms with van der Waals surface area (Å²) in [5, 5.41) is 14.7. The van der Waals surface area contributed by atoms with E-state index in [1.807, 2.05) is 50.4 Å². The van der Waals surface area contributed by atoms with Crippen LogP contribution in [0.2, 0.25) is 5.02 Å². The highest BCUT2D eigenvalue weighted by Crippen LogP contribution is 2.32. The molecule has 0 unspecified atom stereocenters. The van der Waals surface area contributed by atoms with Crippen LogP contribution in [-0.4, -0.2) is 12.2 Å². The average Bonchev–Trinajstić information content (AvgIpc) is 2.40. The van der Waals surface area contributed by atoms with Crippen molar-refractivity contribution in [2.75, 3.05) is 7.05 Å². The number of hydrogen-bond acceptors (Lipinski definition) is 2. The van der Waals surface area contributed by atoms with Crippen molar-refractivity contribution >= 4 is 11.6 Å². The molecule has 0 fully saturated rings. The summed E-state index contributed by atoms with van der Waals surface area (Å²) in [5.41, 5.74) is 1.80. The Morgan fingerprint density at radius 2 is 1.74 bits per heavy atom. The van der Waals surface area contributed by atoms with Gasteiger partial charge >= 0.3 is 0 Å². The van der Waals surface area contributed by atoms with Gasteiger partial charge in [0.15, 0.2) is 0 Å². The average molecular weight is 276 g/mol. The summed E-state index contributed by atoms with van der Waals surface area (Å²) in [7, 11) is 1.90. The summed E-state index contributed by atoms with van der Waals surface area (Å²) in [6.45, 7) is 2.53. The zero-order chi connectivity index (χ0) is 13.9. The Morgan fingerprint density at radius 1 is 1.11 bits per heavy atom. The Balaban J connectivity index is 2.46. The van der Waals surface area contributed by atoms with E-state index in [2.05, 4.69) is 5.32 Å². The molecule has 100 valence electrons. The lowest BCUT2D eigenvalue weighted by Crippen LogP contribution is -2.25. The Hall–Kier alpha value is -1.35. The van der Waals surface area contributed by atoms with Crippen molar-refractivity contribution in [3.63, 3.8) is 0 Å². The van der Waals surface area contributed by atoms with Gasteiger partial charge in [0.1, 0.15) is 5.60 Å². The molecule has 2 nitrogen and oxygen atoms in total. The van der Waals surface area contributed by atoms with Gasteiger partial charge in [-0.2, -0.15) is 0 Å². The van der Waals surface area contributed by atoms with Gasteiger partial charge in [-0.25, -0.2) is 0 Å². The first-order valence-corrected chi connectivity index (χ1v) is 6.65. The first kappa shape index (κ1) is 14.1. The Bertz CT molecular complexity index is 549. The number of benzene rings is 2. The normalized spacial score (nSPS) is 14.1. The van der Waals surface area contributed by atoms with Crippen LogP contribution in [0.3, 0.4) is 0 Å². The number of nitrogens with one attached hydrogen (secondary N) is 1. The molecule has 0 heterocycles. The van der Waals surface area contributed by atoms with E-state index in [9.17, 15) is 5.11 Å². The highest BCUT2D eigenvalue weighted by atomic mass is 35.5. The fourth-order valence-corrected chi connectivity index (χ4v) is 2.40. The second kappa shape index (κ2) is 5.74. The molecule has 2 rings (SSSR count). The second-order valence-electron chi connectivity index (χ2n) is 4.77. The van der Waals surface area contributed by atoms with E-state index in [0.717, 1.165) is 23.2 Å². The first-order chi connectivity index (χ1) is 9.05. The number of aliphatic hydroxyl groups is 1. The van der Waals surface area contributed by atoms with E-state index in [0.29, 0.717) is 5.02 Å². The number of rotatable bonds is 4. The molecule has 19 heavy (non-hydrogen) atoms. The molecule has 0 saturated carbocycles. The van der Waals surface area contributed by atoms with Gasteiger partial charge in [0.2, 0.25) is 0 Å². The van der Waals surface area contributed by atoms with Crippen LogP contribution in [0.15, 0.2) is 48.5 Å². The Morgan fingerprint density at radius 3 is 2.37 bits per heavy atom. The van der Waals surface area contributed by atoms with Crippen LogP contribution in [0.25, 0.3) is 0 Å². The van der Waals surface area contributed by atoms with E-state index in [4.69, 9.17) is 11.6 Å². The molecule has 3 heteroatoms. The quantitative estimate of drug-likeness (QED) is 0.897. The third kappa shape index (κ3) is 2.98. The summed E-state index contributed by atoms with van der Waals surface area (Å²) in [5.74, 6) is 0. The van der Waals surface area contributed by atoms with Crippen LogP contribution in [0.1, 0.15) is 23.6 Å². The maximum absolute atomic E-state index is 10.9. The lowest BCUT2D eigenvalue weighted by molar-refractivity contribution is 0.101. The molecular weight excluding hydrogens is 258 g/mol. The highest BCUT2D eigenvalue weighted by molar-refractivity contribution is 6.30. The van der Waals surface area contributed by atoms with E-state index in [1.54, 1.807) is 12.1 Å². The van der Waals surface area contributed by atoms with Crippen molar-refractivity contribution in [2.45, 2.75) is 19.1 Å². The van der Waals surface area contributed by atoms with Crippen molar-refractivity contribution < 1.29 is 5.11 Å². The predicted octanol–water partition coefficient (Wildman–Crippen LogP) is 3.32. The van der Waals surface area contributed by atoms with E-state index in [1.165, 1.54) is 0 Å². The fourth-order valence-electron chi connectivity index (χ4n) is 2.27. The van der Waals surface area contributed by atoms with Gasteiger partial charge in [0.25, 0.3) is 0 Å². The number of hydrogen-bond donors (Lipinski definition) is 2. The van der Waals surface area contributed by atoms with Crippen LogP contribution in [0.5, 0.6) is 0 Å². The zero-order valence-electron chi connectivity index (χ0n) is 11.2. The Labute approximate surface area is 119 Å². The van der Waals surface area contributed by atoms with Gasteiger partial charge < -0.3 is 10.4 Å². The van der Waals surface area contributed by atoms with E-state index < -0.39 is 5.60 Å². The molecule has 2 N–H and O–H groups in total. The summed E-state index contributed by atoms with van der Waals surface area (Å²) in [4.78, 5) is 0. The molecule has 0 aliphatic rings. The van der Waals surface area contributed by atoms with Crippen molar-refractivity contribution in [3.05, 3.63) is 70.2 Å². The SMILES string of the molecule is CNCc1ccccc1[C@@](C)(O)c1ccc(Cl)cc1. The molecule has 0 aliphatic carbocycles. The molecule has 2 aromatic rings. The molecular formula is C16H18ClNO. The van der Waals surface area contributed by atoms with Gasteiger partial charge in [-0.15, -0.1) is 0 Å². The van der Waals surface area contributed by atoms with Gasteiger partial charge in [-0.1, -0.05) is 48.0 Å². The summed E-state index contributed by atoms with van der Waals surface area (Å²) in [6.07, 6.45) is 0. The van der Waals surface area contributed by atoms with Crippen LogP contribution < -0.4 is 5.32 Å². The first-order valence-electron chi connectivity index (χ1n) is 6.27. The van der Waals surface area contributed by atoms with Crippen LogP contribution in [0.4, 0.5) is 0 Å². The maximum Gasteiger partial charge on any atom is 0.112 e. The molecule has 0 spiro atoms. The zero-order valence-corrected chi connectivity index (χ0v) is 11.9. The van der Waals surface area contributed by atoms with Gasteiger partial charge in [-0.3, -0.25) is 0 Å². The van der Waals surface area contributed by atoms with Gasteiger partial charge in [0, 0.05) is 11.6 Å². The highest BCUT2D eigenvalue weighted by Gasteiger charge is 2.27. The molecule has 0 aromatic heterocycles. The monoisotopic (exact) mass is 275 g/mol. The summed E-state index contributed by atoms with van der Waals surface area (Å²) >= 11 is 5.90. The third-order valence-corrected chi connectivity index (χ3v) is 3.57. The minimum Gasteiger partial charge on any atom is -0.381 e. The molecule has 0 aliphatic heterocycles. The van der Waals surface area contributed by atoms with Gasteiger partial charge in [0.05, 0.1) is 0 Å². The van der Waals surface area contributed by atoms with Crippen LogP contribution in [-0.2, 0) is 12.1 Å². The lowest BCUT2D eigenvalue weighted by atomic mass is 9.85. The molecule has 0 saturated heterocycles. The lowest BCUT2D eigenvalue weighted by Gasteiger charge is -2.27. The topological polar surface area (TPSA) is 32.3 Å². The second-order valence-corrected chi connectivity index (χ2v) is 5.20. The third-order valence-electron chi connectivity index (χ3n) is 3.32. The maximum atomic E-state index is 10.9. The standard InChI is InChI=1S/C16H18ClNO/c1-16(19,13-7-9-14(17)10-8-13)15-6-4-3-5-12(15)11-18-2/h3-10,18-19H,11H2,1-2H3/t16-/m0/s1. The molecule has 2 aromatic carbocycles. The van der Waals surface area contributed by atoms with Crippen molar-refractivity contribution in [1.29, 1.82) is 0 Å². The number of halogens is 1. The van der Waals surface area contributed by atoms with Crippen molar-refractivity contribution in [1.82, 2.24) is 5.32 Å². The predicted molar refractivity (Wildman–Crippen MR) is 79.3 cm³/mol. The summed E-state index contributed by atoms with van der Waals surface area (Å²) in [6, 6.07) is 15.2. The molecule has 0 radical (unpaired) electrons. The van der Waals surface area contributed by atoms with Crippen molar-refractivity contribution in [2.24, 2.45) is 0 Å². The van der Waals surface area contributed by atoms with E-state index in [-0.39, 0.29) is 0 Å². The van der Waals surface area contributed by atoms with E-state index >= 15 is 0 Å². The minimum atomic E-state index is -1.03. The van der Waals surface area contributed by atoms with Crippen molar-refractivity contribution in [3.8, 4) is 0 Å². The smallest absolute Gasteiger partial charge is 0.112 e. The van der Waals surface area contributed by atoms with Crippen LogP contribution in [0, 0.1) is 0 Å². The Kier molecular flexibility index (Phi) is 4.25.